The first-order valence-electron chi connectivity index (χ1n) is 7.44. The fraction of sp³-hybridized carbons (Fsp3) is 0.250. The number of thioether (sulfide) groups is 1. The Morgan fingerprint density at radius 1 is 1.36 bits per heavy atom. The minimum absolute atomic E-state index is 0.0468. The van der Waals surface area contributed by atoms with Crippen LogP contribution in [0.4, 0.5) is 5.69 Å². The molecule has 1 amide bonds. The van der Waals surface area contributed by atoms with Crippen LogP contribution in [0.25, 0.3) is 0 Å². The molecule has 0 radical (unpaired) electrons. The molecule has 0 atom stereocenters. The Morgan fingerprint density at radius 2 is 2.16 bits per heavy atom. The number of hydrogen-bond acceptors (Lipinski definition) is 6. The topological polar surface area (TPSA) is 101 Å². The number of anilines is 1. The Morgan fingerprint density at radius 3 is 2.88 bits per heavy atom. The van der Waals surface area contributed by atoms with Crippen molar-refractivity contribution in [2.45, 2.75) is 18.5 Å². The van der Waals surface area contributed by atoms with Crippen molar-refractivity contribution in [3.05, 3.63) is 51.4 Å². The van der Waals surface area contributed by atoms with Crippen LogP contribution in [0.5, 0.6) is 0 Å². The van der Waals surface area contributed by atoms with E-state index in [0.717, 1.165) is 11.8 Å². The number of rotatable bonds is 7. The van der Waals surface area contributed by atoms with Crippen molar-refractivity contribution < 1.29 is 14.3 Å². The van der Waals surface area contributed by atoms with Gasteiger partial charge in [-0.3, -0.25) is 9.59 Å². The molecule has 0 spiro atoms. The van der Waals surface area contributed by atoms with E-state index in [9.17, 15) is 14.4 Å². The number of amides is 1. The van der Waals surface area contributed by atoms with Crippen molar-refractivity contribution in [1.82, 2.24) is 9.97 Å². The first kappa shape index (κ1) is 19.0. The van der Waals surface area contributed by atoms with Gasteiger partial charge in [-0.1, -0.05) is 30.3 Å². The summed E-state index contributed by atoms with van der Waals surface area (Å²) in [4.78, 5) is 41.6. The summed E-state index contributed by atoms with van der Waals surface area (Å²) in [6, 6.07) is 5.86. The summed E-state index contributed by atoms with van der Waals surface area (Å²) in [5.41, 5.74) is 0.327. The highest BCUT2D eigenvalue weighted by Crippen LogP contribution is 2.22. The highest BCUT2D eigenvalue weighted by Gasteiger charge is 2.14. The average molecular weight is 382 g/mol. The predicted molar refractivity (Wildman–Crippen MR) is 96.2 cm³/mol. The second-order valence-corrected chi connectivity index (χ2v) is 6.28. The summed E-state index contributed by atoms with van der Waals surface area (Å²) in [7, 11) is 0. The molecule has 1 heterocycles. The molecule has 2 rings (SSSR count). The molecule has 1 aromatic heterocycles. The van der Waals surface area contributed by atoms with Crippen LogP contribution in [0.2, 0.25) is 5.02 Å². The molecule has 0 aliphatic carbocycles. The number of nitrogens with one attached hydrogen (secondary N) is 2. The summed E-state index contributed by atoms with van der Waals surface area (Å²) in [6.07, 6.45) is 2.07. The van der Waals surface area contributed by atoms with Gasteiger partial charge in [0.1, 0.15) is 0 Å². The summed E-state index contributed by atoms with van der Waals surface area (Å²) in [5, 5.41) is 3.26. The molecule has 1 aromatic carbocycles. The molecule has 0 bridgehead atoms. The van der Waals surface area contributed by atoms with Gasteiger partial charge >= 0.3 is 5.97 Å². The van der Waals surface area contributed by atoms with Gasteiger partial charge < -0.3 is 15.0 Å². The van der Waals surface area contributed by atoms with Gasteiger partial charge in [0.05, 0.1) is 22.9 Å². The van der Waals surface area contributed by atoms with Crippen molar-refractivity contribution in [1.29, 1.82) is 0 Å². The number of carbonyl (C=O) groups excluding carboxylic acids is 2. The fourth-order valence-electron chi connectivity index (χ4n) is 1.79. The van der Waals surface area contributed by atoms with Gasteiger partial charge in [-0.25, -0.2) is 9.78 Å². The van der Waals surface area contributed by atoms with E-state index >= 15 is 0 Å². The number of H-pyrrole nitrogens is 1. The lowest BCUT2D eigenvalue weighted by atomic mass is 10.2. The van der Waals surface area contributed by atoms with E-state index in [-0.39, 0.29) is 27.8 Å². The molecular formula is C16H16ClN3O4S. The quantitative estimate of drug-likeness (QED) is 0.434. The lowest BCUT2D eigenvalue weighted by Gasteiger charge is -2.09. The normalized spacial score (nSPS) is 10.3. The second kappa shape index (κ2) is 9.24. The van der Waals surface area contributed by atoms with Crippen molar-refractivity contribution >= 4 is 40.9 Å². The zero-order valence-corrected chi connectivity index (χ0v) is 14.9. The Labute approximate surface area is 153 Å². The maximum Gasteiger partial charge on any atom is 0.339 e. The summed E-state index contributed by atoms with van der Waals surface area (Å²) in [5.74, 6) is -0.805. The monoisotopic (exact) mass is 381 g/mol. The smallest absolute Gasteiger partial charge is 0.339 e. The maximum atomic E-state index is 12.0. The fourth-order valence-corrected chi connectivity index (χ4v) is 2.63. The number of aromatic amines is 1. The third-order valence-corrected chi connectivity index (χ3v) is 4.11. The molecule has 25 heavy (non-hydrogen) atoms. The van der Waals surface area contributed by atoms with E-state index in [1.165, 1.54) is 24.4 Å². The van der Waals surface area contributed by atoms with Crippen LogP contribution in [0.1, 0.15) is 23.7 Å². The predicted octanol–water partition coefficient (Wildman–Crippen LogP) is 2.72. The SMILES string of the molecule is CCCOC(=O)c1cc(NC(=O)CSc2nccc(=O)[nH]2)ccc1Cl. The van der Waals surface area contributed by atoms with Gasteiger partial charge in [-0.2, -0.15) is 0 Å². The van der Waals surface area contributed by atoms with Gasteiger partial charge in [0.2, 0.25) is 5.91 Å². The molecule has 0 unspecified atom stereocenters. The second-order valence-electron chi connectivity index (χ2n) is 4.91. The molecule has 0 saturated carbocycles. The Kier molecular flexibility index (Phi) is 7.03. The van der Waals surface area contributed by atoms with Crippen molar-refractivity contribution in [3.8, 4) is 0 Å². The number of hydrogen-bond donors (Lipinski definition) is 2. The number of ether oxygens (including phenoxy) is 1. The minimum Gasteiger partial charge on any atom is -0.462 e. The number of nitrogens with zero attached hydrogens (tertiary/aromatic N) is 1. The summed E-state index contributed by atoms with van der Waals surface area (Å²) >= 11 is 7.09. The van der Waals surface area contributed by atoms with Gasteiger partial charge in [0.15, 0.2) is 5.16 Å². The standard InChI is InChI=1S/C16H16ClN3O4S/c1-2-7-24-15(23)11-8-10(3-4-12(11)17)19-14(22)9-25-16-18-6-5-13(21)20-16/h3-6,8H,2,7,9H2,1H3,(H,19,22)(H,18,20,21). The highest BCUT2D eigenvalue weighted by atomic mass is 35.5. The number of esters is 1. The molecule has 7 nitrogen and oxygen atoms in total. The first-order chi connectivity index (χ1) is 12.0. The van der Waals surface area contributed by atoms with Gasteiger partial charge in [0, 0.05) is 18.0 Å². The molecular weight excluding hydrogens is 366 g/mol. The van der Waals surface area contributed by atoms with Crippen molar-refractivity contribution in [3.63, 3.8) is 0 Å². The number of carbonyl (C=O) groups is 2. The van der Waals surface area contributed by atoms with E-state index in [1.54, 1.807) is 6.07 Å². The first-order valence-corrected chi connectivity index (χ1v) is 8.80. The van der Waals surface area contributed by atoms with E-state index in [1.807, 2.05) is 6.92 Å². The van der Waals surface area contributed by atoms with Gasteiger partial charge in [0.25, 0.3) is 5.56 Å². The lowest BCUT2D eigenvalue weighted by Crippen LogP contribution is -2.16. The molecule has 9 heteroatoms. The van der Waals surface area contributed by atoms with Crippen LogP contribution < -0.4 is 10.9 Å². The summed E-state index contributed by atoms with van der Waals surface area (Å²) in [6.45, 7) is 2.18. The molecule has 0 fully saturated rings. The molecule has 2 N–H and O–H groups in total. The van der Waals surface area contributed by atoms with Crippen LogP contribution in [0.3, 0.4) is 0 Å². The Hall–Kier alpha value is -2.32. The Bertz CT molecular complexity index is 825. The number of aromatic nitrogens is 2. The number of halogens is 1. The molecule has 0 aliphatic heterocycles. The lowest BCUT2D eigenvalue weighted by molar-refractivity contribution is -0.113. The highest BCUT2D eigenvalue weighted by molar-refractivity contribution is 7.99. The Balaban J connectivity index is 1.98. The third kappa shape index (κ3) is 5.91. The van der Waals surface area contributed by atoms with Crippen molar-refractivity contribution in [2.75, 3.05) is 17.7 Å². The van der Waals surface area contributed by atoms with Gasteiger partial charge in [-0.15, -0.1) is 0 Å². The van der Waals surface area contributed by atoms with E-state index in [4.69, 9.17) is 16.3 Å². The largest absolute Gasteiger partial charge is 0.462 e. The zero-order valence-electron chi connectivity index (χ0n) is 13.4. The van der Waals surface area contributed by atoms with Crippen LogP contribution in [0.15, 0.2) is 40.4 Å². The van der Waals surface area contributed by atoms with Crippen LogP contribution in [-0.4, -0.2) is 34.2 Å². The zero-order chi connectivity index (χ0) is 18.2. The maximum absolute atomic E-state index is 12.0. The van der Waals surface area contributed by atoms with Crippen LogP contribution >= 0.6 is 23.4 Å². The third-order valence-electron chi connectivity index (χ3n) is 2.90. The van der Waals surface area contributed by atoms with Crippen LogP contribution in [0, 0.1) is 0 Å². The van der Waals surface area contributed by atoms with Crippen LogP contribution in [-0.2, 0) is 9.53 Å². The average Bonchev–Trinajstić information content (AvgIpc) is 2.59. The molecule has 0 aliphatic rings. The molecule has 0 saturated heterocycles. The minimum atomic E-state index is -0.539. The molecule has 132 valence electrons. The van der Waals surface area contributed by atoms with E-state index < -0.39 is 5.97 Å². The summed E-state index contributed by atoms with van der Waals surface area (Å²) < 4.78 is 5.05. The van der Waals surface area contributed by atoms with Crippen molar-refractivity contribution in [2.24, 2.45) is 0 Å². The van der Waals surface area contributed by atoms with E-state index in [2.05, 4.69) is 15.3 Å². The number of benzene rings is 1. The van der Waals surface area contributed by atoms with Gasteiger partial charge in [-0.05, 0) is 24.6 Å². The molecule has 2 aromatic rings. The van der Waals surface area contributed by atoms with E-state index in [0.29, 0.717) is 23.9 Å².